The summed E-state index contributed by atoms with van der Waals surface area (Å²) in [5.41, 5.74) is -7.14. The number of likely N-dealkylation sites (tertiary alicyclic amines) is 1. The van der Waals surface area contributed by atoms with Crippen LogP contribution in [-0.2, 0) is 9.53 Å². The van der Waals surface area contributed by atoms with Gasteiger partial charge in [0.15, 0.2) is 0 Å². The molecule has 0 saturated carbocycles. The highest BCUT2D eigenvalue weighted by Crippen LogP contribution is 2.67. The Morgan fingerprint density at radius 1 is 0.769 bits per heavy atom. The maximum atomic E-state index is 13.8. The van der Waals surface area contributed by atoms with Gasteiger partial charge in [-0.25, -0.2) is 9.18 Å². The van der Waals surface area contributed by atoms with Gasteiger partial charge in [0.05, 0.1) is 7.11 Å². The zero-order valence-corrected chi connectivity index (χ0v) is 11.6. The first kappa shape index (κ1) is 22.5. The summed E-state index contributed by atoms with van der Waals surface area (Å²) in [7, 11) is -0.234. The van der Waals surface area contributed by atoms with Crippen LogP contribution in [0, 0.1) is 0 Å². The molecule has 154 valence electrons. The molecule has 1 unspecified atom stereocenters. The molecule has 26 heavy (non-hydrogen) atoms. The number of carbonyl (C=O) groups excluding carboxylic acids is 1. The number of halogens is 14. The van der Waals surface area contributed by atoms with Crippen LogP contribution < -0.4 is 0 Å². The first-order valence-corrected chi connectivity index (χ1v) is 5.63. The minimum absolute atomic E-state index is 0.234. The molecule has 0 bridgehead atoms. The van der Waals surface area contributed by atoms with Crippen LogP contribution in [0.3, 0.4) is 0 Å². The van der Waals surface area contributed by atoms with Gasteiger partial charge in [-0.3, -0.25) is 0 Å². The average molecular weight is 423 g/mol. The summed E-state index contributed by atoms with van der Waals surface area (Å²) < 4.78 is 186. The second-order valence-electron chi connectivity index (χ2n) is 4.76. The molecule has 3 nitrogen and oxygen atoms in total. The molecule has 1 aliphatic rings. The van der Waals surface area contributed by atoms with Crippen molar-refractivity contribution in [2.24, 2.45) is 0 Å². The zero-order chi connectivity index (χ0) is 21.4. The predicted octanol–water partition coefficient (Wildman–Crippen LogP) is 3.79. The molecule has 0 amide bonds. The lowest BCUT2D eigenvalue weighted by Crippen LogP contribution is -2.73. The maximum absolute atomic E-state index is 13.8. The van der Waals surface area contributed by atoms with E-state index in [-0.39, 0.29) is 7.11 Å². The largest absolute Gasteiger partial charge is 0.466 e. The lowest BCUT2D eigenvalue weighted by atomic mass is 10.0. The average Bonchev–Trinajstić information content (AvgIpc) is 2.48. The van der Waals surface area contributed by atoms with Crippen molar-refractivity contribution in [1.82, 2.24) is 4.90 Å². The summed E-state index contributed by atoms with van der Waals surface area (Å²) in [6.45, 7) is 0. The minimum Gasteiger partial charge on any atom is -0.466 e. The van der Waals surface area contributed by atoms with Gasteiger partial charge < -0.3 is 4.74 Å². The van der Waals surface area contributed by atoms with E-state index in [1.165, 1.54) is 0 Å². The van der Waals surface area contributed by atoms with Crippen molar-refractivity contribution in [3.05, 3.63) is 0 Å². The van der Waals surface area contributed by atoms with E-state index in [1.807, 2.05) is 0 Å². The molecule has 0 radical (unpaired) electrons. The normalized spacial score (nSPS) is 27.0. The van der Waals surface area contributed by atoms with Crippen LogP contribution >= 0.6 is 0 Å². The molecule has 1 saturated heterocycles. The molecular weight excluding hydrogens is 420 g/mol. The molecule has 1 heterocycles. The van der Waals surface area contributed by atoms with Crippen molar-refractivity contribution in [3.8, 4) is 0 Å². The van der Waals surface area contributed by atoms with E-state index < -0.39 is 52.7 Å². The number of ether oxygens (including phenoxy) is 1. The monoisotopic (exact) mass is 423 g/mol. The van der Waals surface area contributed by atoms with Crippen LogP contribution in [0.2, 0.25) is 0 Å². The Balaban J connectivity index is 3.88. The molecule has 0 aromatic heterocycles. The van der Waals surface area contributed by atoms with Gasteiger partial charge in [0, 0.05) is 0 Å². The number of hydrogen-bond acceptors (Lipinski definition) is 3. The number of alkyl halides is 14. The van der Waals surface area contributed by atoms with E-state index in [9.17, 15) is 66.3 Å². The van der Waals surface area contributed by atoms with Gasteiger partial charge in [-0.1, -0.05) is 0 Å². The number of nitrogens with zero attached hydrogens (tertiary/aromatic N) is 1. The highest BCUT2D eigenvalue weighted by molar-refractivity contribution is 5.82. The topological polar surface area (TPSA) is 29.5 Å². The number of carbonyl (C=O) groups is 1. The van der Waals surface area contributed by atoms with E-state index in [2.05, 4.69) is 4.74 Å². The molecule has 17 heteroatoms. The molecular formula is C9H3F14NO2. The minimum atomic E-state index is -7.67. The van der Waals surface area contributed by atoms with E-state index in [0.29, 0.717) is 0 Å². The van der Waals surface area contributed by atoms with Crippen LogP contribution in [0.25, 0.3) is 0 Å². The van der Waals surface area contributed by atoms with Crippen molar-refractivity contribution < 1.29 is 71.0 Å². The van der Waals surface area contributed by atoms with Crippen LogP contribution in [0.15, 0.2) is 0 Å². The Morgan fingerprint density at radius 3 is 1.31 bits per heavy atom. The van der Waals surface area contributed by atoms with Crippen molar-refractivity contribution in [3.63, 3.8) is 0 Å². The number of hydrogen-bond donors (Lipinski definition) is 0. The fourth-order valence-electron chi connectivity index (χ4n) is 1.89. The van der Waals surface area contributed by atoms with Gasteiger partial charge >= 0.3 is 47.8 Å². The summed E-state index contributed by atoms with van der Waals surface area (Å²) >= 11 is 0. The van der Waals surface area contributed by atoms with Gasteiger partial charge in [0.2, 0.25) is 0 Å². The molecule has 0 aliphatic carbocycles. The van der Waals surface area contributed by atoms with Crippen LogP contribution in [0.4, 0.5) is 61.5 Å². The van der Waals surface area contributed by atoms with Gasteiger partial charge in [0.1, 0.15) is 0 Å². The Morgan fingerprint density at radius 2 is 1.08 bits per heavy atom. The maximum Gasteiger partial charge on any atom is 0.441 e. The number of esters is 1. The summed E-state index contributed by atoms with van der Waals surface area (Å²) in [4.78, 5) is 6.77. The standard InChI is InChI=1S/C9H3F14NO2/c1-26-2(25)3(10,6(15,16)17)7(18,19)24-8(20,21)4(11,12)5(13,14)9(24,22)23/h1H3. The number of methoxy groups -OCH3 is 1. The first-order chi connectivity index (χ1) is 11.1. The molecule has 1 fully saturated rings. The Hall–Kier alpha value is -1.55. The molecule has 1 rings (SSSR count). The summed E-state index contributed by atoms with van der Waals surface area (Å²) in [5.74, 6) is -18.6. The van der Waals surface area contributed by atoms with Crippen molar-refractivity contribution in [2.45, 2.75) is 41.8 Å². The summed E-state index contributed by atoms with van der Waals surface area (Å²) in [6, 6.07) is -22.5. The van der Waals surface area contributed by atoms with E-state index >= 15 is 0 Å². The summed E-state index contributed by atoms with van der Waals surface area (Å²) in [6.07, 6.45) is -7.33. The SMILES string of the molecule is COC(=O)C(F)(C(F)(F)F)C(F)(F)N1C(F)(F)C(F)(F)C(F)(F)C1(F)F. The smallest absolute Gasteiger partial charge is 0.441 e. The fraction of sp³-hybridized carbons (Fsp3) is 0.889. The van der Waals surface area contributed by atoms with Crippen molar-refractivity contribution in [1.29, 1.82) is 0 Å². The van der Waals surface area contributed by atoms with Gasteiger partial charge in [-0.05, 0) is 0 Å². The first-order valence-electron chi connectivity index (χ1n) is 5.63. The van der Waals surface area contributed by atoms with Crippen molar-refractivity contribution in [2.75, 3.05) is 7.11 Å². The van der Waals surface area contributed by atoms with E-state index in [0.717, 1.165) is 0 Å². The second-order valence-corrected chi connectivity index (χ2v) is 4.76. The Labute approximate surface area is 132 Å². The molecule has 0 spiro atoms. The van der Waals surface area contributed by atoms with E-state index in [4.69, 9.17) is 0 Å². The van der Waals surface area contributed by atoms with E-state index in [1.54, 1.807) is 0 Å². The Kier molecular flexibility index (Phi) is 4.54. The Bertz CT molecular complexity index is 572. The van der Waals surface area contributed by atoms with Crippen LogP contribution in [0.1, 0.15) is 0 Å². The molecule has 0 aromatic carbocycles. The lowest BCUT2D eigenvalue weighted by molar-refractivity contribution is -0.415. The molecule has 0 N–H and O–H groups in total. The molecule has 1 aliphatic heterocycles. The third-order valence-corrected chi connectivity index (χ3v) is 3.26. The highest BCUT2D eigenvalue weighted by atomic mass is 19.4. The summed E-state index contributed by atoms with van der Waals surface area (Å²) in [5, 5.41) is 0. The lowest BCUT2D eigenvalue weighted by Gasteiger charge is -2.40. The second kappa shape index (κ2) is 5.25. The van der Waals surface area contributed by atoms with Crippen LogP contribution in [0.5, 0.6) is 0 Å². The number of rotatable bonds is 3. The van der Waals surface area contributed by atoms with Crippen molar-refractivity contribution >= 4 is 5.97 Å². The zero-order valence-electron chi connectivity index (χ0n) is 11.6. The highest BCUT2D eigenvalue weighted by Gasteiger charge is 2.99. The van der Waals surface area contributed by atoms with Gasteiger partial charge in [-0.2, -0.15) is 57.1 Å². The third-order valence-electron chi connectivity index (χ3n) is 3.26. The van der Waals surface area contributed by atoms with Gasteiger partial charge in [0.25, 0.3) is 0 Å². The third kappa shape index (κ3) is 2.14. The molecule has 1 atom stereocenters. The molecule has 0 aromatic rings. The fourth-order valence-corrected chi connectivity index (χ4v) is 1.89. The quantitative estimate of drug-likeness (QED) is 0.393. The predicted molar refractivity (Wildman–Crippen MR) is 48.5 cm³/mol. The van der Waals surface area contributed by atoms with Crippen LogP contribution in [-0.4, -0.2) is 59.8 Å². The van der Waals surface area contributed by atoms with Gasteiger partial charge in [-0.15, -0.1) is 4.90 Å².